The smallest absolute Gasteiger partial charge is 0.215 e. The standard InChI is InChI=1S/C20H21N7OS/c1-13-9-17(26-25-13)23-20-24-19(11-18-22-7-8-27(18)20)29-16-5-3-14(4-6-16)10-15(28)12-21-2/h3-9,11,21H,10,12H2,1-2H3,(H2,23,24,25,26). The number of aryl methyl sites for hydroxylation is 1. The van der Waals surface area contributed by atoms with Crippen LogP contribution >= 0.6 is 11.8 Å². The number of benzene rings is 1. The van der Waals surface area contributed by atoms with E-state index >= 15 is 0 Å². The number of fused-ring (bicyclic) bond motifs is 1. The summed E-state index contributed by atoms with van der Waals surface area (Å²) in [7, 11) is 1.78. The molecule has 0 unspecified atom stereocenters. The van der Waals surface area contributed by atoms with Gasteiger partial charge in [-0.25, -0.2) is 9.97 Å². The molecule has 0 aliphatic carbocycles. The average molecular weight is 408 g/mol. The molecule has 4 aromatic rings. The van der Waals surface area contributed by atoms with Crippen molar-refractivity contribution in [2.24, 2.45) is 0 Å². The number of nitrogens with one attached hydrogen (secondary N) is 3. The number of anilines is 2. The van der Waals surface area contributed by atoms with Crippen LogP contribution in [0.4, 0.5) is 11.8 Å². The summed E-state index contributed by atoms with van der Waals surface area (Å²) in [6, 6.07) is 11.8. The second-order valence-electron chi connectivity index (χ2n) is 6.63. The summed E-state index contributed by atoms with van der Waals surface area (Å²) in [5.74, 6) is 1.51. The minimum atomic E-state index is 0.170. The minimum Gasteiger partial charge on any atom is -0.313 e. The first kappa shape index (κ1) is 19.2. The summed E-state index contributed by atoms with van der Waals surface area (Å²) in [4.78, 5) is 21.9. The molecule has 148 valence electrons. The molecule has 0 atom stereocenters. The lowest BCUT2D eigenvalue weighted by atomic mass is 10.1. The van der Waals surface area contributed by atoms with Crippen LogP contribution in [0.25, 0.3) is 5.65 Å². The number of carbonyl (C=O) groups is 1. The Morgan fingerprint density at radius 3 is 2.79 bits per heavy atom. The van der Waals surface area contributed by atoms with E-state index in [-0.39, 0.29) is 5.78 Å². The molecule has 4 rings (SSSR count). The van der Waals surface area contributed by atoms with Crippen molar-refractivity contribution in [2.45, 2.75) is 23.3 Å². The second kappa shape index (κ2) is 8.46. The van der Waals surface area contributed by atoms with E-state index in [9.17, 15) is 4.79 Å². The molecule has 0 saturated carbocycles. The van der Waals surface area contributed by atoms with Crippen molar-refractivity contribution in [1.29, 1.82) is 0 Å². The highest BCUT2D eigenvalue weighted by Gasteiger charge is 2.10. The van der Waals surface area contributed by atoms with E-state index < -0.39 is 0 Å². The third kappa shape index (κ3) is 4.64. The number of carbonyl (C=O) groups excluding carboxylic acids is 1. The number of aromatic nitrogens is 5. The third-order valence-electron chi connectivity index (χ3n) is 4.23. The van der Waals surface area contributed by atoms with Gasteiger partial charge in [0.25, 0.3) is 0 Å². The lowest BCUT2D eigenvalue weighted by Gasteiger charge is -2.09. The van der Waals surface area contributed by atoms with Crippen molar-refractivity contribution < 1.29 is 4.79 Å². The Kier molecular flexibility index (Phi) is 5.59. The molecule has 29 heavy (non-hydrogen) atoms. The van der Waals surface area contributed by atoms with Gasteiger partial charge in [0.05, 0.1) is 6.54 Å². The fourth-order valence-corrected chi connectivity index (χ4v) is 3.73. The SMILES string of the molecule is CNCC(=O)Cc1ccc(Sc2cc3nccn3c(Nc3cc(C)[nH]n3)n2)cc1. The Hall–Kier alpha value is -3.17. The van der Waals surface area contributed by atoms with E-state index in [1.54, 1.807) is 25.0 Å². The molecule has 3 aromatic heterocycles. The van der Waals surface area contributed by atoms with Gasteiger partial charge in [0.15, 0.2) is 11.6 Å². The van der Waals surface area contributed by atoms with Crippen LogP contribution in [0.1, 0.15) is 11.3 Å². The summed E-state index contributed by atoms with van der Waals surface area (Å²) in [6.07, 6.45) is 4.03. The molecule has 0 bridgehead atoms. The van der Waals surface area contributed by atoms with Gasteiger partial charge in [0.2, 0.25) is 5.95 Å². The predicted molar refractivity (Wildman–Crippen MR) is 113 cm³/mol. The Bertz CT molecular complexity index is 1130. The molecular weight excluding hydrogens is 386 g/mol. The van der Waals surface area contributed by atoms with Gasteiger partial charge in [-0.05, 0) is 31.7 Å². The fourth-order valence-electron chi connectivity index (χ4n) is 2.92. The summed E-state index contributed by atoms with van der Waals surface area (Å²) < 4.78 is 1.88. The summed E-state index contributed by atoms with van der Waals surface area (Å²) in [5.41, 5.74) is 2.77. The first-order chi connectivity index (χ1) is 14.1. The molecule has 0 saturated heterocycles. The van der Waals surface area contributed by atoms with Crippen molar-refractivity contribution >= 4 is 35.0 Å². The molecule has 1 aromatic carbocycles. The van der Waals surface area contributed by atoms with Gasteiger partial charge >= 0.3 is 0 Å². The van der Waals surface area contributed by atoms with E-state index in [0.717, 1.165) is 26.8 Å². The van der Waals surface area contributed by atoms with E-state index in [1.165, 1.54) is 0 Å². The maximum Gasteiger partial charge on any atom is 0.215 e. The van der Waals surface area contributed by atoms with Crippen molar-refractivity contribution in [3.05, 3.63) is 60.0 Å². The van der Waals surface area contributed by atoms with Crippen LogP contribution in [0.3, 0.4) is 0 Å². The zero-order chi connectivity index (χ0) is 20.2. The van der Waals surface area contributed by atoms with Crippen molar-refractivity contribution in [3.63, 3.8) is 0 Å². The van der Waals surface area contributed by atoms with Gasteiger partial charge in [-0.1, -0.05) is 23.9 Å². The van der Waals surface area contributed by atoms with Crippen LogP contribution in [0.5, 0.6) is 0 Å². The highest BCUT2D eigenvalue weighted by molar-refractivity contribution is 7.99. The number of aromatic amines is 1. The zero-order valence-corrected chi connectivity index (χ0v) is 17.0. The number of ketones is 1. The van der Waals surface area contributed by atoms with Crippen LogP contribution in [0, 0.1) is 6.92 Å². The predicted octanol–water partition coefficient (Wildman–Crippen LogP) is 2.99. The highest BCUT2D eigenvalue weighted by Crippen LogP contribution is 2.29. The van der Waals surface area contributed by atoms with Crippen molar-refractivity contribution in [1.82, 2.24) is 29.9 Å². The maximum absolute atomic E-state index is 11.8. The normalized spacial score (nSPS) is 11.1. The maximum atomic E-state index is 11.8. The Morgan fingerprint density at radius 1 is 1.24 bits per heavy atom. The first-order valence-corrected chi connectivity index (χ1v) is 9.98. The molecule has 3 heterocycles. The van der Waals surface area contributed by atoms with Gasteiger partial charge in [0, 0.05) is 41.5 Å². The summed E-state index contributed by atoms with van der Waals surface area (Å²) in [6.45, 7) is 2.33. The first-order valence-electron chi connectivity index (χ1n) is 9.17. The number of nitrogens with zero attached hydrogens (tertiary/aromatic N) is 4. The second-order valence-corrected chi connectivity index (χ2v) is 7.72. The molecule has 3 N–H and O–H groups in total. The van der Waals surface area contributed by atoms with Gasteiger partial charge in [0.1, 0.15) is 10.7 Å². The van der Waals surface area contributed by atoms with Crippen LogP contribution in [-0.4, -0.2) is 43.9 Å². The molecule has 0 aliphatic heterocycles. The number of hydrogen-bond donors (Lipinski definition) is 3. The van der Waals surface area contributed by atoms with Crippen LogP contribution in [0.2, 0.25) is 0 Å². The van der Waals surface area contributed by atoms with E-state index in [0.29, 0.717) is 24.7 Å². The average Bonchev–Trinajstić information content (AvgIpc) is 3.32. The lowest BCUT2D eigenvalue weighted by molar-refractivity contribution is -0.117. The summed E-state index contributed by atoms with van der Waals surface area (Å²) >= 11 is 1.54. The minimum absolute atomic E-state index is 0.170. The number of rotatable bonds is 8. The molecule has 8 nitrogen and oxygen atoms in total. The molecule has 0 spiro atoms. The van der Waals surface area contributed by atoms with Crippen LogP contribution < -0.4 is 10.6 Å². The van der Waals surface area contributed by atoms with Crippen LogP contribution in [-0.2, 0) is 11.2 Å². The number of Topliss-reactive ketones (excluding diaryl/α,β-unsaturated/α-hetero) is 1. The largest absolute Gasteiger partial charge is 0.313 e. The number of imidazole rings is 1. The van der Waals surface area contributed by atoms with E-state index in [1.807, 2.05) is 53.9 Å². The molecule has 9 heteroatoms. The van der Waals surface area contributed by atoms with Gasteiger partial charge in [-0.3, -0.25) is 14.3 Å². The van der Waals surface area contributed by atoms with Crippen molar-refractivity contribution in [2.75, 3.05) is 18.9 Å². The van der Waals surface area contributed by atoms with Gasteiger partial charge in [-0.15, -0.1) is 0 Å². The third-order valence-corrected chi connectivity index (χ3v) is 5.16. The van der Waals surface area contributed by atoms with Gasteiger partial charge < -0.3 is 10.6 Å². The monoisotopic (exact) mass is 407 g/mol. The Labute approximate surface area is 172 Å². The zero-order valence-electron chi connectivity index (χ0n) is 16.1. The Morgan fingerprint density at radius 2 is 2.07 bits per heavy atom. The molecule has 0 radical (unpaired) electrons. The molecular formula is C20H21N7OS. The quantitative estimate of drug-likeness (QED) is 0.386. The van der Waals surface area contributed by atoms with E-state index in [2.05, 4.69) is 25.8 Å². The molecule has 0 fully saturated rings. The number of hydrogen-bond acceptors (Lipinski definition) is 7. The molecule has 0 amide bonds. The van der Waals surface area contributed by atoms with Crippen LogP contribution in [0.15, 0.2) is 58.7 Å². The fraction of sp³-hybridized carbons (Fsp3) is 0.200. The van der Waals surface area contributed by atoms with Crippen molar-refractivity contribution in [3.8, 4) is 0 Å². The summed E-state index contributed by atoms with van der Waals surface area (Å²) in [5, 5.41) is 14.1. The highest BCUT2D eigenvalue weighted by atomic mass is 32.2. The van der Waals surface area contributed by atoms with E-state index in [4.69, 9.17) is 4.98 Å². The topological polar surface area (TPSA) is 100 Å². The molecule has 0 aliphatic rings. The number of likely N-dealkylation sites (N-methyl/N-ethyl adjacent to an activating group) is 1. The van der Waals surface area contributed by atoms with Gasteiger partial charge in [-0.2, -0.15) is 5.10 Å². The Balaban J connectivity index is 1.54. The lowest BCUT2D eigenvalue weighted by Crippen LogP contribution is -2.20. The number of H-pyrrole nitrogens is 1.